The largest absolute Gasteiger partial charge is 0.490 e. The Kier molecular flexibility index (Phi) is 6.45. The van der Waals surface area contributed by atoms with Crippen molar-refractivity contribution in [2.75, 3.05) is 20.8 Å². The van der Waals surface area contributed by atoms with Gasteiger partial charge < -0.3 is 14.2 Å². The molecular formula is C14H19NO6. The zero-order valence-corrected chi connectivity index (χ0v) is 12.4. The molecule has 0 aromatic heterocycles. The molecule has 0 fully saturated rings. The Bertz CT molecular complexity index is 514. The maximum atomic E-state index is 11.3. The van der Waals surface area contributed by atoms with E-state index in [-0.39, 0.29) is 23.6 Å². The summed E-state index contributed by atoms with van der Waals surface area (Å²) >= 11 is 0. The molecule has 0 saturated carbocycles. The summed E-state index contributed by atoms with van der Waals surface area (Å²) in [7, 11) is 2.61. The van der Waals surface area contributed by atoms with Crippen molar-refractivity contribution in [3.05, 3.63) is 27.8 Å². The first-order chi connectivity index (χ1) is 10.0. The molecule has 1 aromatic carbocycles. The van der Waals surface area contributed by atoms with Crippen LogP contribution in [0.2, 0.25) is 0 Å². The molecule has 1 rings (SSSR count). The highest BCUT2D eigenvalue weighted by molar-refractivity contribution is 5.73. The average Bonchev–Trinajstić information content (AvgIpc) is 2.46. The van der Waals surface area contributed by atoms with Crippen molar-refractivity contribution in [1.29, 1.82) is 0 Å². The molecule has 0 heterocycles. The topological polar surface area (TPSA) is 87.9 Å². The van der Waals surface area contributed by atoms with Gasteiger partial charge in [-0.05, 0) is 24.1 Å². The lowest BCUT2D eigenvalue weighted by atomic mass is 10.1. The lowest BCUT2D eigenvalue weighted by Gasteiger charge is -2.11. The summed E-state index contributed by atoms with van der Waals surface area (Å²) in [6.45, 7) is 2.36. The van der Waals surface area contributed by atoms with Crippen molar-refractivity contribution >= 4 is 11.7 Å². The number of hydrogen-bond acceptors (Lipinski definition) is 6. The normalized spacial score (nSPS) is 10.0. The highest BCUT2D eigenvalue weighted by Crippen LogP contribution is 2.38. The highest BCUT2D eigenvalue weighted by Gasteiger charge is 2.24. The summed E-state index contributed by atoms with van der Waals surface area (Å²) in [5.41, 5.74) is 0.304. The Hall–Kier alpha value is -2.31. The van der Waals surface area contributed by atoms with Gasteiger partial charge >= 0.3 is 11.7 Å². The molecule has 7 nitrogen and oxygen atoms in total. The van der Waals surface area contributed by atoms with Crippen LogP contribution in [0.25, 0.3) is 0 Å². The maximum Gasteiger partial charge on any atom is 0.352 e. The van der Waals surface area contributed by atoms with Crippen LogP contribution in [0.4, 0.5) is 5.69 Å². The zero-order valence-electron chi connectivity index (χ0n) is 12.4. The van der Waals surface area contributed by atoms with Crippen LogP contribution in [0.15, 0.2) is 12.1 Å². The Morgan fingerprint density at radius 2 is 1.95 bits per heavy atom. The van der Waals surface area contributed by atoms with E-state index in [0.29, 0.717) is 12.2 Å². The van der Waals surface area contributed by atoms with Crippen molar-refractivity contribution in [2.45, 2.75) is 26.2 Å². The fraction of sp³-hybridized carbons (Fsp3) is 0.500. The number of ether oxygens (including phenoxy) is 3. The summed E-state index contributed by atoms with van der Waals surface area (Å²) in [6, 6.07) is 2.93. The molecule has 116 valence electrons. The van der Waals surface area contributed by atoms with Crippen LogP contribution in [0.5, 0.6) is 11.5 Å². The first-order valence-corrected chi connectivity index (χ1v) is 6.58. The van der Waals surface area contributed by atoms with Gasteiger partial charge in [0.25, 0.3) is 0 Å². The molecule has 0 amide bonds. The molecule has 7 heteroatoms. The molecule has 0 bridgehead atoms. The Morgan fingerprint density at radius 3 is 2.48 bits per heavy atom. The molecule has 0 atom stereocenters. The van der Waals surface area contributed by atoms with Crippen LogP contribution < -0.4 is 9.47 Å². The first kappa shape index (κ1) is 16.7. The number of esters is 1. The summed E-state index contributed by atoms with van der Waals surface area (Å²) in [6.07, 6.45) is 1.68. The van der Waals surface area contributed by atoms with Gasteiger partial charge in [0, 0.05) is 0 Å². The SMILES string of the molecule is CCCCOc1cc(CC(=O)OC)cc(OC)c1[N+](=O)[O-]. The van der Waals surface area contributed by atoms with E-state index in [2.05, 4.69) is 4.74 Å². The Labute approximate surface area is 123 Å². The number of benzene rings is 1. The third kappa shape index (κ3) is 4.62. The number of nitro groups is 1. The van der Waals surface area contributed by atoms with Gasteiger partial charge in [-0.3, -0.25) is 14.9 Å². The lowest BCUT2D eigenvalue weighted by Crippen LogP contribution is -2.07. The van der Waals surface area contributed by atoms with E-state index >= 15 is 0 Å². The van der Waals surface area contributed by atoms with Gasteiger partial charge in [0.15, 0.2) is 0 Å². The molecule has 1 aromatic rings. The van der Waals surface area contributed by atoms with Gasteiger partial charge in [-0.15, -0.1) is 0 Å². The molecule has 0 aliphatic carbocycles. The van der Waals surface area contributed by atoms with E-state index in [9.17, 15) is 14.9 Å². The molecule has 0 radical (unpaired) electrons. The van der Waals surface area contributed by atoms with Crippen molar-refractivity contribution in [3.8, 4) is 11.5 Å². The minimum Gasteiger partial charge on any atom is -0.490 e. The smallest absolute Gasteiger partial charge is 0.352 e. The van der Waals surface area contributed by atoms with Crippen LogP contribution in [-0.4, -0.2) is 31.7 Å². The van der Waals surface area contributed by atoms with Gasteiger partial charge in [-0.2, -0.15) is 0 Å². The van der Waals surface area contributed by atoms with Gasteiger partial charge in [0.1, 0.15) is 0 Å². The molecule has 0 aliphatic heterocycles. The number of nitrogens with zero attached hydrogens (tertiary/aromatic N) is 1. The second-order valence-corrected chi connectivity index (χ2v) is 4.36. The van der Waals surface area contributed by atoms with E-state index in [4.69, 9.17) is 9.47 Å². The van der Waals surface area contributed by atoms with E-state index < -0.39 is 10.9 Å². The second kappa shape index (κ2) is 8.08. The lowest BCUT2D eigenvalue weighted by molar-refractivity contribution is -0.386. The maximum absolute atomic E-state index is 11.3. The van der Waals surface area contributed by atoms with E-state index in [1.165, 1.54) is 26.4 Å². The molecular weight excluding hydrogens is 278 g/mol. The number of nitro benzene ring substituents is 1. The van der Waals surface area contributed by atoms with Crippen LogP contribution >= 0.6 is 0 Å². The second-order valence-electron chi connectivity index (χ2n) is 4.36. The Morgan fingerprint density at radius 1 is 1.29 bits per heavy atom. The van der Waals surface area contributed by atoms with E-state index in [1.54, 1.807) is 0 Å². The van der Waals surface area contributed by atoms with Crippen LogP contribution in [0.1, 0.15) is 25.3 Å². The minimum absolute atomic E-state index is 0.00497. The zero-order chi connectivity index (χ0) is 15.8. The predicted octanol–water partition coefficient (Wildman–Crippen LogP) is 2.50. The van der Waals surface area contributed by atoms with Crippen molar-refractivity contribution in [2.24, 2.45) is 0 Å². The molecule has 0 unspecified atom stereocenters. The van der Waals surface area contributed by atoms with Crippen LogP contribution in [-0.2, 0) is 16.0 Å². The fourth-order valence-corrected chi connectivity index (χ4v) is 1.75. The van der Waals surface area contributed by atoms with Crippen molar-refractivity contribution in [1.82, 2.24) is 0 Å². The molecule has 0 N–H and O–H groups in total. The van der Waals surface area contributed by atoms with Crippen molar-refractivity contribution < 1.29 is 23.9 Å². The first-order valence-electron chi connectivity index (χ1n) is 6.58. The summed E-state index contributed by atoms with van der Waals surface area (Å²) in [5.74, 6) is -0.273. The van der Waals surface area contributed by atoms with Gasteiger partial charge in [0.2, 0.25) is 11.5 Å². The number of unbranched alkanes of at least 4 members (excludes halogenated alkanes) is 1. The Balaban J connectivity index is 3.16. The highest BCUT2D eigenvalue weighted by atomic mass is 16.6. The predicted molar refractivity (Wildman–Crippen MR) is 75.8 cm³/mol. The minimum atomic E-state index is -0.554. The van der Waals surface area contributed by atoms with Crippen LogP contribution in [0, 0.1) is 10.1 Å². The quantitative estimate of drug-likeness (QED) is 0.317. The van der Waals surface area contributed by atoms with Gasteiger partial charge in [-0.1, -0.05) is 13.3 Å². The monoisotopic (exact) mass is 297 g/mol. The third-order valence-corrected chi connectivity index (χ3v) is 2.83. The van der Waals surface area contributed by atoms with E-state index in [0.717, 1.165) is 12.8 Å². The van der Waals surface area contributed by atoms with Gasteiger partial charge in [0.05, 0.1) is 32.2 Å². The number of methoxy groups -OCH3 is 2. The van der Waals surface area contributed by atoms with Crippen LogP contribution in [0.3, 0.4) is 0 Å². The number of hydrogen-bond donors (Lipinski definition) is 0. The number of carbonyl (C=O) groups is 1. The molecule has 0 spiro atoms. The number of rotatable bonds is 8. The summed E-state index contributed by atoms with van der Waals surface area (Å²) in [4.78, 5) is 22.0. The van der Waals surface area contributed by atoms with Gasteiger partial charge in [-0.25, -0.2) is 0 Å². The average molecular weight is 297 g/mol. The molecule has 0 saturated heterocycles. The summed E-state index contributed by atoms with van der Waals surface area (Å²) in [5, 5.41) is 11.2. The molecule has 21 heavy (non-hydrogen) atoms. The fourth-order valence-electron chi connectivity index (χ4n) is 1.75. The standard InChI is InChI=1S/C14H19NO6/c1-4-5-6-21-12-8-10(9-13(16)20-3)7-11(19-2)14(12)15(17)18/h7-8H,4-6,9H2,1-3H3. The van der Waals surface area contributed by atoms with E-state index in [1.807, 2.05) is 6.92 Å². The number of carbonyl (C=O) groups excluding carboxylic acids is 1. The molecule has 0 aliphatic rings. The summed E-state index contributed by atoms with van der Waals surface area (Å²) < 4.78 is 15.1. The third-order valence-electron chi connectivity index (χ3n) is 2.83. The van der Waals surface area contributed by atoms with Crippen molar-refractivity contribution in [3.63, 3.8) is 0 Å².